The van der Waals surface area contributed by atoms with Crippen molar-refractivity contribution in [3.63, 3.8) is 0 Å². The molecule has 2 aromatic carbocycles. The summed E-state index contributed by atoms with van der Waals surface area (Å²) in [6.07, 6.45) is 2.84. The second kappa shape index (κ2) is 9.31. The van der Waals surface area contributed by atoms with Crippen LogP contribution in [0.4, 0.5) is 0 Å². The lowest BCUT2D eigenvalue weighted by Crippen LogP contribution is -2.30. The van der Waals surface area contributed by atoms with Crippen LogP contribution in [0.3, 0.4) is 0 Å². The van der Waals surface area contributed by atoms with E-state index in [1.807, 2.05) is 30.3 Å². The molecule has 0 saturated carbocycles. The molecule has 0 atom stereocenters. The second-order valence-electron chi connectivity index (χ2n) is 6.28. The Hall–Kier alpha value is -3.23. The molecule has 0 unspecified atom stereocenters. The standard InChI is InChI=1S/C21H20N2O5S/c24-21(25)16-28-19-9-4-8-18(12-19)15-23(14-17-6-2-1-3-7-17)29(26,27)20-10-5-11-22-13-20/h1-13H,14-16H2,(H,24,25). The molecule has 1 heterocycles. The van der Waals surface area contributed by atoms with Crippen LogP contribution in [0.5, 0.6) is 5.75 Å². The van der Waals surface area contributed by atoms with E-state index < -0.39 is 22.6 Å². The van der Waals surface area contributed by atoms with E-state index in [2.05, 4.69) is 4.98 Å². The number of rotatable bonds is 9. The van der Waals surface area contributed by atoms with Gasteiger partial charge in [-0.05, 0) is 35.4 Å². The zero-order chi connectivity index (χ0) is 20.7. The highest BCUT2D eigenvalue weighted by atomic mass is 32.2. The number of aromatic nitrogens is 1. The fourth-order valence-electron chi connectivity index (χ4n) is 2.74. The summed E-state index contributed by atoms with van der Waals surface area (Å²) in [6.45, 7) is -0.195. The first kappa shape index (κ1) is 20.5. The largest absolute Gasteiger partial charge is 0.482 e. The van der Waals surface area contributed by atoms with Crippen LogP contribution < -0.4 is 4.74 Å². The van der Waals surface area contributed by atoms with Crippen molar-refractivity contribution in [1.82, 2.24) is 9.29 Å². The second-order valence-corrected chi connectivity index (χ2v) is 8.22. The van der Waals surface area contributed by atoms with Gasteiger partial charge >= 0.3 is 5.97 Å². The molecular weight excluding hydrogens is 392 g/mol. The number of pyridine rings is 1. The first-order chi connectivity index (χ1) is 13.9. The van der Waals surface area contributed by atoms with Crippen molar-refractivity contribution >= 4 is 16.0 Å². The van der Waals surface area contributed by atoms with E-state index in [1.165, 1.54) is 22.8 Å². The number of aliphatic carboxylic acids is 1. The van der Waals surface area contributed by atoms with Crippen molar-refractivity contribution in [2.24, 2.45) is 0 Å². The van der Waals surface area contributed by atoms with Gasteiger partial charge in [-0.15, -0.1) is 0 Å². The third kappa shape index (κ3) is 5.63. The summed E-state index contributed by atoms with van der Waals surface area (Å²) in [5.74, 6) is -0.719. The Bertz CT molecular complexity index is 1060. The Morgan fingerprint density at radius 1 is 0.966 bits per heavy atom. The van der Waals surface area contributed by atoms with E-state index in [9.17, 15) is 13.2 Å². The number of carboxylic acids is 1. The molecule has 0 fully saturated rings. The lowest BCUT2D eigenvalue weighted by molar-refractivity contribution is -0.139. The molecule has 3 aromatic rings. The number of hydrogen-bond donors (Lipinski definition) is 1. The molecule has 29 heavy (non-hydrogen) atoms. The monoisotopic (exact) mass is 412 g/mol. The van der Waals surface area contributed by atoms with Crippen LogP contribution >= 0.6 is 0 Å². The van der Waals surface area contributed by atoms with E-state index >= 15 is 0 Å². The highest BCUT2D eigenvalue weighted by molar-refractivity contribution is 7.89. The Kier molecular flexibility index (Phi) is 6.58. The number of carbonyl (C=O) groups is 1. The first-order valence-corrected chi connectivity index (χ1v) is 10.3. The van der Waals surface area contributed by atoms with Gasteiger partial charge in [-0.2, -0.15) is 4.31 Å². The summed E-state index contributed by atoms with van der Waals surface area (Å²) < 4.78 is 33.0. The fourth-order valence-corrected chi connectivity index (χ4v) is 4.12. The fraction of sp³-hybridized carbons (Fsp3) is 0.143. The third-order valence-electron chi connectivity index (χ3n) is 4.09. The maximum atomic E-state index is 13.2. The van der Waals surface area contributed by atoms with Gasteiger partial charge in [-0.25, -0.2) is 13.2 Å². The predicted molar refractivity (Wildman–Crippen MR) is 107 cm³/mol. The molecule has 0 radical (unpaired) electrons. The van der Waals surface area contributed by atoms with Crippen LogP contribution in [0.15, 0.2) is 84.0 Å². The summed E-state index contributed by atoms with van der Waals surface area (Å²) in [5.41, 5.74) is 1.52. The summed E-state index contributed by atoms with van der Waals surface area (Å²) in [7, 11) is -3.80. The van der Waals surface area contributed by atoms with Crippen LogP contribution in [-0.2, 0) is 27.9 Å². The number of sulfonamides is 1. The Morgan fingerprint density at radius 3 is 2.38 bits per heavy atom. The summed E-state index contributed by atoms with van der Waals surface area (Å²) >= 11 is 0. The van der Waals surface area contributed by atoms with E-state index in [4.69, 9.17) is 9.84 Å². The van der Waals surface area contributed by atoms with Crippen LogP contribution in [0.1, 0.15) is 11.1 Å². The van der Waals surface area contributed by atoms with Crippen LogP contribution in [-0.4, -0.2) is 35.4 Å². The SMILES string of the molecule is O=C(O)COc1cccc(CN(Cc2ccccc2)S(=O)(=O)c2cccnc2)c1. The minimum Gasteiger partial charge on any atom is -0.482 e. The highest BCUT2D eigenvalue weighted by Crippen LogP contribution is 2.22. The highest BCUT2D eigenvalue weighted by Gasteiger charge is 2.25. The van der Waals surface area contributed by atoms with Crippen LogP contribution in [0.2, 0.25) is 0 Å². The molecule has 0 aliphatic rings. The van der Waals surface area contributed by atoms with Crippen LogP contribution in [0, 0.1) is 0 Å². The Labute approximate surface area is 169 Å². The van der Waals surface area contributed by atoms with Crippen molar-refractivity contribution in [3.05, 3.63) is 90.3 Å². The summed E-state index contributed by atoms with van der Waals surface area (Å²) in [6, 6.07) is 19.1. The van der Waals surface area contributed by atoms with Gasteiger partial charge < -0.3 is 9.84 Å². The lowest BCUT2D eigenvalue weighted by Gasteiger charge is -2.22. The van der Waals surface area contributed by atoms with Crippen molar-refractivity contribution in [2.45, 2.75) is 18.0 Å². The van der Waals surface area contributed by atoms with Gasteiger partial charge in [0.25, 0.3) is 0 Å². The van der Waals surface area contributed by atoms with E-state index in [0.717, 1.165) is 5.56 Å². The maximum Gasteiger partial charge on any atom is 0.341 e. The molecule has 1 aromatic heterocycles. The van der Waals surface area contributed by atoms with Gasteiger partial charge in [0, 0.05) is 25.5 Å². The predicted octanol–water partition coefficient (Wildman–Crippen LogP) is 2.94. The first-order valence-electron chi connectivity index (χ1n) is 8.83. The summed E-state index contributed by atoms with van der Waals surface area (Å²) in [5, 5.41) is 8.77. The van der Waals surface area contributed by atoms with Crippen molar-refractivity contribution in [1.29, 1.82) is 0 Å². The number of nitrogens with zero attached hydrogens (tertiary/aromatic N) is 2. The molecular formula is C21H20N2O5S. The molecule has 7 nitrogen and oxygen atoms in total. The van der Waals surface area contributed by atoms with E-state index in [0.29, 0.717) is 11.3 Å². The van der Waals surface area contributed by atoms with Gasteiger partial charge in [0.05, 0.1) is 0 Å². The minimum absolute atomic E-state index is 0.0936. The average Bonchev–Trinajstić information content (AvgIpc) is 2.73. The van der Waals surface area contributed by atoms with Crippen molar-refractivity contribution < 1.29 is 23.1 Å². The zero-order valence-electron chi connectivity index (χ0n) is 15.5. The molecule has 0 amide bonds. The van der Waals surface area contributed by atoms with E-state index in [-0.39, 0.29) is 18.0 Å². The van der Waals surface area contributed by atoms with Gasteiger partial charge in [-0.1, -0.05) is 42.5 Å². The molecule has 8 heteroatoms. The molecule has 0 aliphatic heterocycles. The molecule has 0 saturated heterocycles. The molecule has 0 aliphatic carbocycles. The smallest absolute Gasteiger partial charge is 0.341 e. The molecule has 1 N–H and O–H groups in total. The molecule has 3 rings (SSSR count). The Balaban J connectivity index is 1.90. The zero-order valence-corrected chi connectivity index (χ0v) is 16.3. The van der Waals surface area contributed by atoms with E-state index in [1.54, 1.807) is 30.3 Å². The number of carboxylic acid groups (broad SMARTS) is 1. The third-order valence-corrected chi connectivity index (χ3v) is 5.87. The molecule has 0 bridgehead atoms. The van der Waals surface area contributed by atoms with Gasteiger partial charge in [0.1, 0.15) is 10.6 Å². The molecule has 150 valence electrons. The number of hydrogen-bond acceptors (Lipinski definition) is 5. The number of benzene rings is 2. The normalized spacial score (nSPS) is 11.3. The maximum absolute atomic E-state index is 13.2. The minimum atomic E-state index is -3.80. The van der Waals surface area contributed by atoms with Gasteiger partial charge in [-0.3, -0.25) is 4.98 Å². The average molecular weight is 412 g/mol. The van der Waals surface area contributed by atoms with Gasteiger partial charge in [0.2, 0.25) is 10.0 Å². The summed E-state index contributed by atoms with van der Waals surface area (Å²) in [4.78, 5) is 14.7. The van der Waals surface area contributed by atoms with Gasteiger partial charge in [0.15, 0.2) is 6.61 Å². The molecule has 0 spiro atoms. The number of ether oxygens (including phenoxy) is 1. The van der Waals surface area contributed by atoms with Crippen LogP contribution in [0.25, 0.3) is 0 Å². The van der Waals surface area contributed by atoms with Crippen molar-refractivity contribution in [3.8, 4) is 5.75 Å². The lowest BCUT2D eigenvalue weighted by atomic mass is 10.2. The quantitative estimate of drug-likeness (QED) is 0.580. The van der Waals surface area contributed by atoms with Crippen molar-refractivity contribution in [2.75, 3.05) is 6.61 Å². The topological polar surface area (TPSA) is 96.8 Å². The Morgan fingerprint density at radius 2 is 1.69 bits per heavy atom.